The Bertz CT molecular complexity index is 785. The normalized spacial score (nSPS) is 14.9. The summed E-state index contributed by atoms with van der Waals surface area (Å²) in [7, 11) is 0. The lowest BCUT2D eigenvalue weighted by Crippen LogP contribution is -2.42. The summed E-state index contributed by atoms with van der Waals surface area (Å²) in [6.45, 7) is 1.19. The van der Waals surface area contributed by atoms with Crippen LogP contribution in [-0.4, -0.2) is 29.8 Å². The lowest BCUT2D eigenvalue weighted by atomic mass is 9.95. The third kappa shape index (κ3) is 4.99. The predicted octanol–water partition coefficient (Wildman–Crippen LogP) is 4.41. The van der Waals surface area contributed by atoms with Gasteiger partial charge in [0.2, 0.25) is 11.8 Å². The summed E-state index contributed by atoms with van der Waals surface area (Å²) in [5, 5.41) is 4.15. The number of anilines is 1. The maximum atomic E-state index is 12.4. The van der Waals surface area contributed by atoms with E-state index in [2.05, 4.69) is 5.32 Å². The molecule has 0 aliphatic carbocycles. The highest BCUT2D eigenvalue weighted by Gasteiger charge is 2.27. The molecule has 0 spiro atoms. The van der Waals surface area contributed by atoms with E-state index >= 15 is 0 Å². The maximum Gasteiger partial charge on any atom is 0.227 e. The molecule has 2 aromatic rings. The quantitative estimate of drug-likeness (QED) is 0.839. The van der Waals surface area contributed by atoms with Crippen molar-refractivity contribution in [3.8, 4) is 0 Å². The molecule has 0 atom stereocenters. The number of nitrogens with one attached hydrogen (secondary N) is 1. The van der Waals surface area contributed by atoms with Crippen molar-refractivity contribution in [3.05, 3.63) is 64.1 Å². The third-order valence-electron chi connectivity index (χ3n) is 4.58. The van der Waals surface area contributed by atoms with E-state index in [1.54, 1.807) is 30.3 Å². The first-order valence-corrected chi connectivity index (χ1v) is 9.35. The fourth-order valence-corrected chi connectivity index (χ4v) is 3.41. The monoisotopic (exact) mass is 390 g/mol. The molecule has 3 rings (SSSR count). The predicted molar refractivity (Wildman–Crippen MR) is 105 cm³/mol. The van der Waals surface area contributed by atoms with Gasteiger partial charge in [-0.3, -0.25) is 9.59 Å². The van der Waals surface area contributed by atoms with Gasteiger partial charge in [-0.1, -0.05) is 41.4 Å². The van der Waals surface area contributed by atoms with Crippen LogP contribution in [0.4, 0.5) is 5.69 Å². The van der Waals surface area contributed by atoms with Gasteiger partial charge in [0.15, 0.2) is 0 Å². The largest absolute Gasteiger partial charge is 0.342 e. The van der Waals surface area contributed by atoms with E-state index in [4.69, 9.17) is 23.2 Å². The van der Waals surface area contributed by atoms with Crippen LogP contribution in [0.1, 0.15) is 18.4 Å². The fraction of sp³-hybridized carbons (Fsp3) is 0.300. The second kappa shape index (κ2) is 8.56. The Kier molecular flexibility index (Phi) is 6.17. The Morgan fingerprint density at radius 3 is 2.35 bits per heavy atom. The number of halogens is 2. The molecule has 1 aliphatic heterocycles. The number of nitrogens with zero attached hydrogens (tertiary/aromatic N) is 1. The van der Waals surface area contributed by atoms with Gasteiger partial charge in [-0.15, -0.1) is 0 Å². The van der Waals surface area contributed by atoms with Crippen LogP contribution in [0.2, 0.25) is 10.0 Å². The van der Waals surface area contributed by atoms with Crippen LogP contribution in [0.5, 0.6) is 0 Å². The Morgan fingerprint density at radius 1 is 1.00 bits per heavy atom. The molecule has 0 aromatic heterocycles. The minimum absolute atomic E-state index is 0.0166. The molecule has 26 heavy (non-hydrogen) atoms. The molecule has 0 unspecified atom stereocenters. The number of carbonyl (C=O) groups excluding carboxylic acids is 2. The zero-order valence-corrected chi connectivity index (χ0v) is 15.8. The van der Waals surface area contributed by atoms with Gasteiger partial charge in [-0.25, -0.2) is 0 Å². The van der Waals surface area contributed by atoms with Crippen LogP contribution in [-0.2, 0) is 16.0 Å². The Balaban J connectivity index is 1.49. The molecule has 6 heteroatoms. The molecule has 1 heterocycles. The lowest BCUT2D eigenvalue weighted by Gasteiger charge is -2.31. The first-order chi connectivity index (χ1) is 12.5. The average Bonchev–Trinajstić information content (AvgIpc) is 2.64. The van der Waals surface area contributed by atoms with E-state index < -0.39 is 0 Å². The molecule has 1 fully saturated rings. The highest BCUT2D eigenvalue weighted by Crippen LogP contribution is 2.22. The Hall–Kier alpha value is -2.04. The van der Waals surface area contributed by atoms with E-state index in [1.807, 2.05) is 23.1 Å². The van der Waals surface area contributed by atoms with Crippen LogP contribution < -0.4 is 5.32 Å². The van der Waals surface area contributed by atoms with Crippen molar-refractivity contribution < 1.29 is 9.59 Å². The zero-order valence-electron chi connectivity index (χ0n) is 14.3. The maximum absolute atomic E-state index is 12.4. The molecular weight excluding hydrogens is 371 g/mol. The van der Waals surface area contributed by atoms with Gasteiger partial charge in [0.1, 0.15) is 0 Å². The number of rotatable bonds is 4. The van der Waals surface area contributed by atoms with E-state index in [0.717, 1.165) is 5.56 Å². The summed E-state index contributed by atoms with van der Waals surface area (Å²) in [6.07, 6.45) is 1.69. The van der Waals surface area contributed by atoms with Gasteiger partial charge < -0.3 is 10.2 Å². The van der Waals surface area contributed by atoms with E-state index in [1.165, 1.54) is 0 Å². The van der Waals surface area contributed by atoms with E-state index in [-0.39, 0.29) is 17.7 Å². The molecule has 1 aliphatic rings. The summed E-state index contributed by atoms with van der Waals surface area (Å²) in [4.78, 5) is 26.7. The Labute approximate surface area is 163 Å². The topological polar surface area (TPSA) is 49.4 Å². The Morgan fingerprint density at radius 2 is 1.69 bits per heavy atom. The van der Waals surface area contributed by atoms with Crippen LogP contribution in [0, 0.1) is 5.92 Å². The van der Waals surface area contributed by atoms with Crippen LogP contribution in [0.15, 0.2) is 48.5 Å². The summed E-state index contributed by atoms with van der Waals surface area (Å²) >= 11 is 11.8. The molecule has 2 aromatic carbocycles. The van der Waals surface area contributed by atoms with Gasteiger partial charge in [-0.05, 0) is 48.7 Å². The molecule has 1 N–H and O–H groups in total. The third-order valence-corrected chi connectivity index (χ3v) is 5.07. The second-order valence-electron chi connectivity index (χ2n) is 6.46. The molecule has 0 radical (unpaired) electrons. The van der Waals surface area contributed by atoms with Crippen LogP contribution in [0.25, 0.3) is 0 Å². The molecule has 0 saturated carbocycles. The standard InChI is InChI=1S/C20H20Cl2N2O2/c21-16-6-4-14(5-7-16)12-19(25)24-10-8-15(9-11-24)20(26)23-18-3-1-2-17(22)13-18/h1-7,13,15H,8-12H2,(H,23,26). The van der Waals surface area contributed by atoms with Crippen LogP contribution >= 0.6 is 23.2 Å². The minimum atomic E-state index is -0.0893. The summed E-state index contributed by atoms with van der Waals surface area (Å²) in [5.74, 6) is -0.0216. The van der Waals surface area contributed by atoms with Crippen molar-refractivity contribution in [2.24, 2.45) is 5.92 Å². The smallest absolute Gasteiger partial charge is 0.227 e. The fourth-order valence-electron chi connectivity index (χ4n) is 3.09. The number of benzene rings is 2. The van der Waals surface area contributed by atoms with Crippen molar-refractivity contribution in [3.63, 3.8) is 0 Å². The van der Waals surface area contributed by atoms with E-state index in [0.29, 0.717) is 48.1 Å². The van der Waals surface area contributed by atoms with Crippen molar-refractivity contribution in [2.45, 2.75) is 19.3 Å². The first-order valence-electron chi connectivity index (χ1n) is 8.60. The lowest BCUT2D eigenvalue weighted by molar-refractivity contribution is -0.133. The van der Waals surface area contributed by atoms with Crippen LogP contribution in [0.3, 0.4) is 0 Å². The second-order valence-corrected chi connectivity index (χ2v) is 7.33. The first kappa shape index (κ1) is 18.7. The molecule has 0 bridgehead atoms. The number of hydrogen-bond acceptors (Lipinski definition) is 2. The van der Waals surface area contributed by atoms with Crippen molar-refractivity contribution >= 4 is 40.7 Å². The zero-order chi connectivity index (χ0) is 18.5. The summed E-state index contributed by atoms with van der Waals surface area (Å²) in [6, 6.07) is 14.4. The average molecular weight is 391 g/mol. The molecular formula is C20H20Cl2N2O2. The molecule has 136 valence electrons. The number of likely N-dealkylation sites (tertiary alicyclic amines) is 1. The van der Waals surface area contributed by atoms with Gasteiger partial charge in [0.05, 0.1) is 6.42 Å². The van der Waals surface area contributed by atoms with Crippen molar-refractivity contribution in [1.29, 1.82) is 0 Å². The molecule has 1 saturated heterocycles. The summed E-state index contributed by atoms with van der Waals surface area (Å²) in [5.41, 5.74) is 1.64. The van der Waals surface area contributed by atoms with Gasteiger partial charge in [0, 0.05) is 34.7 Å². The van der Waals surface area contributed by atoms with E-state index in [9.17, 15) is 9.59 Å². The number of hydrogen-bond donors (Lipinski definition) is 1. The summed E-state index contributed by atoms with van der Waals surface area (Å²) < 4.78 is 0. The van der Waals surface area contributed by atoms with Crippen molar-refractivity contribution in [2.75, 3.05) is 18.4 Å². The highest BCUT2D eigenvalue weighted by atomic mass is 35.5. The van der Waals surface area contributed by atoms with Gasteiger partial charge in [-0.2, -0.15) is 0 Å². The van der Waals surface area contributed by atoms with Gasteiger partial charge >= 0.3 is 0 Å². The number of carbonyl (C=O) groups is 2. The minimum Gasteiger partial charge on any atom is -0.342 e. The van der Waals surface area contributed by atoms with Crippen molar-refractivity contribution in [1.82, 2.24) is 4.90 Å². The highest BCUT2D eigenvalue weighted by molar-refractivity contribution is 6.31. The molecule has 4 nitrogen and oxygen atoms in total. The molecule has 2 amide bonds. The number of piperidine rings is 1. The van der Waals surface area contributed by atoms with Gasteiger partial charge in [0.25, 0.3) is 0 Å². The number of amides is 2. The SMILES string of the molecule is O=C(Nc1cccc(Cl)c1)C1CCN(C(=O)Cc2ccc(Cl)cc2)CC1.